The number of rotatable bonds is 7. The fraction of sp³-hybridized carbons (Fsp3) is 0.278. The van der Waals surface area contributed by atoms with Crippen LogP contribution in [0.2, 0.25) is 0 Å². The molecule has 27 heavy (non-hydrogen) atoms. The molecule has 3 rings (SSSR count). The van der Waals surface area contributed by atoms with Crippen LogP contribution in [0.3, 0.4) is 0 Å². The Morgan fingerprint density at radius 1 is 1.33 bits per heavy atom. The Hall–Kier alpha value is -3.49. The van der Waals surface area contributed by atoms with E-state index in [-0.39, 0.29) is 18.1 Å². The smallest absolute Gasteiger partial charge is 0.381 e. The van der Waals surface area contributed by atoms with Crippen LogP contribution in [-0.2, 0) is 13.6 Å². The van der Waals surface area contributed by atoms with E-state index in [1.165, 1.54) is 6.20 Å². The number of carbonyl (C=O) groups excluding carboxylic acids is 1. The molecule has 3 aromatic rings. The second-order valence-electron chi connectivity index (χ2n) is 6.11. The van der Waals surface area contributed by atoms with Gasteiger partial charge in [-0.3, -0.25) is 4.79 Å². The zero-order valence-corrected chi connectivity index (χ0v) is 15.2. The zero-order valence-electron chi connectivity index (χ0n) is 15.2. The van der Waals surface area contributed by atoms with Gasteiger partial charge in [-0.05, 0) is 27.6 Å². The third-order valence-electron chi connectivity index (χ3n) is 4.41. The molecule has 0 saturated heterocycles. The van der Waals surface area contributed by atoms with E-state index >= 15 is 0 Å². The normalized spacial score (nSPS) is 12.0. The van der Waals surface area contributed by atoms with Gasteiger partial charge < -0.3 is 24.0 Å². The summed E-state index contributed by atoms with van der Waals surface area (Å²) < 4.78 is 8.45. The SMILES string of the molecule is COc1ccc(C(Cn2cc([N+](=O)[O-])nc2C)C(=O)c2nccn2C)cc1. The van der Waals surface area contributed by atoms with Gasteiger partial charge in [-0.15, -0.1) is 0 Å². The number of hydrogen-bond donors (Lipinski definition) is 0. The number of ketones is 1. The average Bonchev–Trinajstić information content (AvgIpc) is 3.25. The van der Waals surface area contributed by atoms with Gasteiger partial charge in [-0.1, -0.05) is 12.1 Å². The van der Waals surface area contributed by atoms with Gasteiger partial charge in [0.1, 0.15) is 11.9 Å². The number of nitrogens with zero attached hydrogens (tertiary/aromatic N) is 5. The van der Waals surface area contributed by atoms with E-state index in [0.717, 1.165) is 5.56 Å². The lowest BCUT2D eigenvalue weighted by Crippen LogP contribution is -2.22. The maximum absolute atomic E-state index is 13.2. The summed E-state index contributed by atoms with van der Waals surface area (Å²) in [6.45, 7) is 1.88. The highest BCUT2D eigenvalue weighted by atomic mass is 16.6. The van der Waals surface area contributed by atoms with Gasteiger partial charge in [-0.2, -0.15) is 0 Å². The number of ether oxygens (including phenoxy) is 1. The number of imidazole rings is 2. The number of nitro groups is 1. The van der Waals surface area contributed by atoms with Crippen molar-refractivity contribution in [3.63, 3.8) is 0 Å². The van der Waals surface area contributed by atoms with Crippen molar-refractivity contribution in [2.45, 2.75) is 19.4 Å². The maximum atomic E-state index is 13.2. The Kier molecular flexibility index (Phi) is 5.02. The second kappa shape index (κ2) is 7.40. The van der Waals surface area contributed by atoms with E-state index < -0.39 is 10.8 Å². The number of aromatic nitrogens is 4. The molecule has 1 aromatic carbocycles. The van der Waals surface area contributed by atoms with Crippen LogP contribution in [0.15, 0.2) is 42.9 Å². The highest BCUT2D eigenvalue weighted by Gasteiger charge is 2.28. The number of benzene rings is 1. The summed E-state index contributed by atoms with van der Waals surface area (Å²) in [6.07, 6.45) is 4.61. The van der Waals surface area contributed by atoms with Crippen LogP contribution in [0, 0.1) is 17.0 Å². The van der Waals surface area contributed by atoms with Crippen LogP contribution in [0.5, 0.6) is 5.75 Å². The Labute approximate surface area is 155 Å². The Morgan fingerprint density at radius 3 is 2.56 bits per heavy atom. The van der Waals surface area contributed by atoms with Crippen molar-refractivity contribution < 1.29 is 14.5 Å². The first-order chi connectivity index (χ1) is 12.9. The standard InChI is InChI=1S/C18H19N5O4/c1-12-20-16(23(25)26)11-22(12)10-15(13-4-6-14(27-3)7-5-13)17(24)18-19-8-9-21(18)2/h4-9,11,15H,10H2,1-3H3. The van der Waals surface area contributed by atoms with E-state index in [9.17, 15) is 14.9 Å². The number of Topliss-reactive ketones (excluding diaryl/α,β-unsaturated/α-hetero) is 1. The van der Waals surface area contributed by atoms with E-state index in [1.807, 2.05) is 12.1 Å². The first-order valence-corrected chi connectivity index (χ1v) is 8.24. The largest absolute Gasteiger partial charge is 0.497 e. The Bertz CT molecular complexity index is 974. The van der Waals surface area contributed by atoms with Crippen molar-refractivity contribution in [3.05, 3.63) is 70.2 Å². The molecule has 9 nitrogen and oxygen atoms in total. The lowest BCUT2D eigenvalue weighted by Gasteiger charge is -2.17. The molecule has 0 bridgehead atoms. The van der Waals surface area contributed by atoms with Crippen molar-refractivity contribution in [2.24, 2.45) is 7.05 Å². The summed E-state index contributed by atoms with van der Waals surface area (Å²) in [5, 5.41) is 11.0. The van der Waals surface area contributed by atoms with Crippen LogP contribution < -0.4 is 4.74 Å². The predicted octanol–water partition coefficient (Wildman–Crippen LogP) is 2.51. The molecule has 0 saturated carbocycles. The fourth-order valence-corrected chi connectivity index (χ4v) is 2.90. The summed E-state index contributed by atoms with van der Waals surface area (Å²) in [6, 6.07) is 7.17. The third kappa shape index (κ3) is 3.71. The fourth-order valence-electron chi connectivity index (χ4n) is 2.90. The molecular formula is C18H19N5O4. The van der Waals surface area contributed by atoms with Gasteiger partial charge >= 0.3 is 5.82 Å². The molecule has 2 aromatic heterocycles. The molecular weight excluding hydrogens is 350 g/mol. The van der Waals surface area contributed by atoms with Crippen LogP contribution in [0.25, 0.3) is 0 Å². The molecule has 0 aliphatic rings. The Balaban J connectivity index is 2.00. The van der Waals surface area contributed by atoms with Crippen LogP contribution in [0.4, 0.5) is 5.82 Å². The number of methoxy groups -OCH3 is 1. The van der Waals surface area contributed by atoms with Crippen molar-refractivity contribution >= 4 is 11.6 Å². The molecule has 140 valence electrons. The minimum Gasteiger partial charge on any atom is -0.497 e. The lowest BCUT2D eigenvalue weighted by molar-refractivity contribution is -0.389. The summed E-state index contributed by atoms with van der Waals surface area (Å²) in [7, 11) is 3.32. The molecule has 0 aliphatic heterocycles. The molecule has 2 heterocycles. The number of hydrogen-bond acceptors (Lipinski definition) is 6. The van der Waals surface area contributed by atoms with Crippen molar-refractivity contribution in [1.82, 2.24) is 19.1 Å². The molecule has 9 heteroatoms. The third-order valence-corrected chi connectivity index (χ3v) is 4.41. The quantitative estimate of drug-likeness (QED) is 0.360. The zero-order chi connectivity index (χ0) is 19.6. The lowest BCUT2D eigenvalue weighted by atomic mass is 9.93. The highest BCUT2D eigenvalue weighted by Crippen LogP contribution is 2.26. The molecule has 0 fully saturated rings. The average molecular weight is 369 g/mol. The van der Waals surface area contributed by atoms with Gasteiger partial charge in [0.05, 0.1) is 13.0 Å². The summed E-state index contributed by atoms with van der Waals surface area (Å²) in [4.78, 5) is 31.7. The van der Waals surface area contributed by atoms with E-state index in [2.05, 4.69) is 9.97 Å². The first-order valence-electron chi connectivity index (χ1n) is 8.24. The van der Waals surface area contributed by atoms with Crippen molar-refractivity contribution in [1.29, 1.82) is 0 Å². The molecule has 0 spiro atoms. The van der Waals surface area contributed by atoms with Crippen molar-refractivity contribution in [2.75, 3.05) is 7.11 Å². The van der Waals surface area contributed by atoms with Gasteiger partial charge in [0, 0.05) is 32.9 Å². The van der Waals surface area contributed by atoms with Crippen LogP contribution >= 0.6 is 0 Å². The van der Waals surface area contributed by atoms with E-state index in [1.54, 1.807) is 54.7 Å². The van der Waals surface area contributed by atoms with E-state index in [0.29, 0.717) is 17.4 Å². The molecule has 0 N–H and O–H groups in total. The van der Waals surface area contributed by atoms with Crippen LogP contribution in [-0.4, -0.2) is 36.9 Å². The van der Waals surface area contributed by atoms with Gasteiger partial charge in [0.2, 0.25) is 11.6 Å². The number of carbonyl (C=O) groups is 1. The summed E-state index contributed by atoms with van der Waals surface area (Å²) in [5.74, 6) is 0.464. The summed E-state index contributed by atoms with van der Waals surface area (Å²) in [5.41, 5.74) is 0.763. The minimum absolute atomic E-state index is 0.177. The highest BCUT2D eigenvalue weighted by molar-refractivity contribution is 5.98. The van der Waals surface area contributed by atoms with Gasteiger partial charge in [0.25, 0.3) is 0 Å². The van der Waals surface area contributed by atoms with Crippen LogP contribution in [0.1, 0.15) is 27.9 Å². The first kappa shape index (κ1) is 18.3. The maximum Gasteiger partial charge on any atom is 0.381 e. The predicted molar refractivity (Wildman–Crippen MR) is 96.9 cm³/mol. The molecule has 0 aliphatic carbocycles. The van der Waals surface area contributed by atoms with Gasteiger partial charge in [-0.25, -0.2) is 4.98 Å². The molecule has 0 amide bonds. The topological polar surface area (TPSA) is 105 Å². The van der Waals surface area contributed by atoms with Gasteiger partial charge in [0.15, 0.2) is 5.82 Å². The Morgan fingerprint density at radius 2 is 2.04 bits per heavy atom. The minimum atomic E-state index is -0.579. The number of aryl methyl sites for hydroxylation is 2. The molecule has 0 radical (unpaired) electrons. The van der Waals surface area contributed by atoms with E-state index in [4.69, 9.17) is 4.74 Å². The van der Waals surface area contributed by atoms with Crippen molar-refractivity contribution in [3.8, 4) is 5.75 Å². The summed E-state index contributed by atoms with van der Waals surface area (Å²) >= 11 is 0. The monoisotopic (exact) mass is 369 g/mol. The second-order valence-corrected chi connectivity index (χ2v) is 6.11. The molecule has 1 unspecified atom stereocenters. The molecule has 1 atom stereocenters.